The summed E-state index contributed by atoms with van der Waals surface area (Å²) in [6.45, 7) is 5.54. The van der Waals surface area contributed by atoms with E-state index in [1.807, 2.05) is 30.0 Å². The van der Waals surface area contributed by atoms with Crippen molar-refractivity contribution < 1.29 is 4.79 Å². The quantitative estimate of drug-likeness (QED) is 0.894. The third-order valence-electron chi connectivity index (χ3n) is 3.61. The molecule has 1 aliphatic rings. The molecule has 1 aromatic rings. The number of rotatable bonds is 2. The molecule has 0 aliphatic carbocycles. The molecule has 1 aliphatic heterocycles. The molecule has 1 saturated heterocycles. The minimum absolute atomic E-state index is 0. The van der Waals surface area contributed by atoms with Crippen molar-refractivity contribution in [2.75, 3.05) is 13.1 Å². The lowest BCUT2D eigenvalue weighted by molar-refractivity contribution is 0.0742. The van der Waals surface area contributed by atoms with Gasteiger partial charge in [-0.15, -0.1) is 12.4 Å². The van der Waals surface area contributed by atoms with Gasteiger partial charge in [-0.1, -0.05) is 6.07 Å². The first-order valence-electron chi connectivity index (χ1n) is 6.30. The fraction of sp³-hybridized carbons (Fsp3) is 0.500. The molecule has 19 heavy (non-hydrogen) atoms. The van der Waals surface area contributed by atoms with Crippen molar-refractivity contribution in [3.8, 4) is 0 Å². The third-order valence-corrected chi connectivity index (χ3v) is 4.27. The molecule has 5 heteroatoms. The summed E-state index contributed by atoms with van der Waals surface area (Å²) in [5.41, 5.74) is 7.59. The lowest BCUT2D eigenvalue weighted by Crippen LogP contribution is -2.34. The van der Waals surface area contributed by atoms with Crippen LogP contribution in [0.4, 0.5) is 0 Å². The predicted octanol–water partition coefficient (Wildman–Crippen LogP) is 2.99. The molecule has 2 unspecified atom stereocenters. The van der Waals surface area contributed by atoms with Crippen LogP contribution in [0.2, 0.25) is 0 Å². The monoisotopic (exact) mass is 346 g/mol. The maximum atomic E-state index is 12.5. The molecule has 2 rings (SSSR count). The Balaban J connectivity index is 0.00000180. The zero-order chi connectivity index (χ0) is 13.3. The number of aryl methyl sites for hydroxylation is 1. The first kappa shape index (κ1) is 16.5. The first-order valence-corrected chi connectivity index (χ1v) is 7.09. The van der Waals surface area contributed by atoms with Gasteiger partial charge in [-0.05, 0) is 66.4 Å². The van der Waals surface area contributed by atoms with E-state index in [1.54, 1.807) is 0 Å². The Morgan fingerprint density at radius 3 is 2.74 bits per heavy atom. The summed E-state index contributed by atoms with van der Waals surface area (Å²) in [6.07, 6.45) is 1.01. The van der Waals surface area contributed by atoms with E-state index in [-0.39, 0.29) is 24.4 Å². The second kappa shape index (κ2) is 6.73. The van der Waals surface area contributed by atoms with Gasteiger partial charge >= 0.3 is 0 Å². The topological polar surface area (TPSA) is 46.3 Å². The van der Waals surface area contributed by atoms with Crippen LogP contribution in [0, 0.1) is 12.8 Å². The second-order valence-electron chi connectivity index (χ2n) is 5.13. The van der Waals surface area contributed by atoms with Gasteiger partial charge in [-0.25, -0.2) is 0 Å². The van der Waals surface area contributed by atoms with Crippen molar-refractivity contribution in [2.24, 2.45) is 11.7 Å². The lowest BCUT2D eigenvalue weighted by Gasteiger charge is -2.22. The van der Waals surface area contributed by atoms with E-state index in [1.165, 1.54) is 0 Å². The van der Waals surface area contributed by atoms with Crippen molar-refractivity contribution in [1.82, 2.24) is 4.90 Å². The number of amides is 1. The number of nitrogens with two attached hydrogens (primary N) is 1. The number of carbonyl (C=O) groups is 1. The molecule has 0 saturated carbocycles. The van der Waals surface area contributed by atoms with Gasteiger partial charge in [0.2, 0.25) is 0 Å². The van der Waals surface area contributed by atoms with Gasteiger partial charge in [0.05, 0.1) is 5.56 Å². The highest BCUT2D eigenvalue weighted by Crippen LogP contribution is 2.27. The molecule has 1 amide bonds. The largest absolute Gasteiger partial charge is 0.336 e. The maximum absolute atomic E-state index is 12.5. The highest BCUT2D eigenvalue weighted by Gasteiger charge is 2.32. The van der Waals surface area contributed by atoms with Crippen LogP contribution in [0.25, 0.3) is 0 Å². The molecule has 2 atom stereocenters. The van der Waals surface area contributed by atoms with E-state index < -0.39 is 0 Å². The SMILES string of the molecule is Cc1ccc(C(=O)N2CC(CN)CC2C)c(Br)c1.Cl. The molecule has 2 N–H and O–H groups in total. The number of halogens is 2. The van der Waals surface area contributed by atoms with Crippen LogP contribution in [0.1, 0.15) is 29.3 Å². The summed E-state index contributed by atoms with van der Waals surface area (Å²) in [5.74, 6) is 0.540. The Hall–Kier alpha value is -0.580. The lowest BCUT2D eigenvalue weighted by atomic mass is 10.1. The first-order chi connectivity index (χ1) is 8.52. The average molecular weight is 348 g/mol. The van der Waals surface area contributed by atoms with Crippen molar-refractivity contribution in [3.63, 3.8) is 0 Å². The van der Waals surface area contributed by atoms with Gasteiger partial charge in [0, 0.05) is 17.1 Å². The number of nitrogens with zero attached hydrogens (tertiary/aromatic N) is 1. The maximum Gasteiger partial charge on any atom is 0.255 e. The van der Waals surface area contributed by atoms with Gasteiger partial charge in [0.25, 0.3) is 5.91 Å². The van der Waals surface area contributed by atoms with Crippen molar-refractivity contribution in [3.05, 3.63) is 33.8 Å². The Morgan fingerprint density at radius 1 is 1.53 bits per heavy atom. The number of carbonyl (C=O) groups excluding carboxylic acids is 1. The van der Waals surface area contributed by atoms with Gasteiger partial charge in [0.15, 0.2) is 0 Å². The zero-order valence-electron chi connectivity index (χ0n) is 11.2. The molecule has 106 valence electrons. The minimum atomic E-state index is 0. The van der Waals surface area contributed by atoms with Crippen LogP contribution < -0.4 is 5.73 Å². The summed E-state index contributed by atoms with van der Waals surface area (Å²) >= 11 is 3.47. The zero-order valence-corrected chi connectivity index (χ0v) is 13.6. The summed E-state index contributed by atoms with van der Waals surface area (Å²) in [5, 5.41) is 0. The summed E-state index contributed by atoms with van der Waals surface area (Å²) in [7, 11) is 0. The Labute approximate surface area is 129 Å². The van der Waals surface area contributed by atoms with Gasteiger partial charge < -0.3 is 10.6 Å². The molecule has 1 heterocycles. The molecule has 3 nitrogen and oxygen atoms in total. The number of hydrogen-bond acceptors (Lipinski definition) is 2. The molecule has 0 radical (unpaired) electrons. The Kier molecular flexibility index (Phi) is 5.83. The molecule has 0 bridgehead atoms. The smallest absolute Gasteiger partial charge is 0.255 e. The number of benzene rings is 1. The third kappa shape index (κ3) is 3.50. The van der Waals surface area contributed by atoms with Crippen molar-refractivity contribution in [1.29, 1.82) is 0 Å². The normalized spacial score (nSPS) is 22.2. The highest BCUT2D eigenvalue weighted by molar-refractivity contribution is 9.10. The second-order valence-corrected chi connectivity index (χ2v) is 5.98. The highest BCUT2D eigenvalue weighted by atomic mass is 79.9. The average Bonchev–Trinajstić information content (AvgIpc) is 2.70. The molecule has 0 aromatic heterocycles. The standard InChI is InChI=1S/C14H19BrN2O.ClH/c1-9-3-4-12(13(15)5-9)14(18)17-8-11(7-16)6-10(17)2;/h3-5,10-11H,6-8,16H2,1-2H3;1H. The van der Waals surface area contributed by atoms with Crippen LogP contribution in [0.5, 0.6) is 0 Å². The van der Waals surface area contributed by atoms with E-state index in [4.69, 9.17) is 5.73 Å². The molecule has 1 aromatic carbocycles. The molecule has 1 fully saturated rings. The van der Waals surface area contributed by atoms with E-state index in [9.17, 15) is 4.79 Å². The van der Waals surface area contributed by atoms with E-state index in [0.29, 0.717) is 12.5 Å². The molecule has 0 spiro atoms. The minimum Gasteiger partial charge on any atom is -0.336 e. The van der Waals surface area contributed by atoms with Crippen LogP contribution >= 0.6 is 28.3 Å². The molecular weight excluding hydrogens is 328 g/mol. The van der Waals surface area contributed by atoms with Gasteiger partial charge in [-0.2, -0.15) is 0 Å². The fourth-order valence-electron chi connectivity index (χ4n) is 2.54. The van der Waals surface area contributed by atoms with Crippen LogP contribution in [-0.4, -0.2) is 29.9 Å². The van der Waals surface area contributed by atoms with Crippen molar-refractivity contribution in [2.45, 2.75) is 26.3 Å². The van der Waals surface area contributed by atoms with Crippen LogP contribution in [0.3, 0.4) is 0 Å². The summed E-state index contributed by atoms with van der Waals surface area (Å²) in [4.78, 5) is 14.4. The van der Waals surface area contributed by atoms with Gasteiger partial charge in [0.1, 0.15) is 0 Å². The van der Waals surface area contributed by atoms with Crippen molar-refractivity contribution >= 4 is 34.2 Å². The van der Waals surface area contributed by atoms with E-state index in [0.717, 1.165) is 28.6 Å². The number of likely N-dealkylation sites (tertiary alicyclic amines) is 1. The van der Waals surface area contributed by atoms with Gasteiger partial charge in [-0.3, -0.25) is 4.79 Å². The predicted molar refractivity (Wildman–Crippen MR) is 83.8 cm³/mol. The fourth-order valence-corrected chi connectivity index (χ4v) is 3.21. The van der Waals surface area contributed by atoms with Crippen LogP contribution in [-0.2, 0) is 0 Å². The molecular formula is C14H20BrClN2O. The van der Waals surface area contributed by atoms with Crippen LogP contribution in [0.15, 0.2) is 22.7 Å². The van der Waals surface area contributed by atoms with E-state index >= 15 is 0 Å². The Morgan fingerprint density at radius 2 is 2.21 bits per heavy atom. The number of hydrogen-bond donors (Lipinski definition) is 1. The summed E-state index contributed by atoms with van der Waals surface area (Å²) in [6, 6.07) is 6.12. The summed E-state index contributed by atoms with van der Waals surface area (Å²) < 4.78 is 0.871. The Bertz CT molecular complexity index is 467. The van der Waals surface area contributed by atoms with E-state index in [2.05, 4.69) is 22.9 Å².